The first kappa shape index (κ1) is 13.6. The maximum Gasteiger partial charge on any atom is 0.309 e. The molecule has 0 aromatic heterocycles. The number of carboxylic acid groups (broad SMARTS) is 1. The van der Waals surface area contributed by atoms with Crippen LogP contribution in [0.25, 0.3) is 0 Å². The molecule has 1 aromatic carbocycles. The SMILES string of the molecule is CCCC1(C(=O)O)CCC(c2ccccc2C#N)C1. The summed E-state index contributed by atoms with van der Waals surface area (Å²) >= 11 is 0. The van der Waals surface area contributed by atoms with Gasteiger partial charge in [0.15, 0.2) is 0 Å². The second-order valence-electron chi connectivity index (χ2n) is 5.47. The van der Waals surface area contributed by atoms with Crippen LogP contribution in [-0.4, -0.2) is 11.1 Å². The molecule has 100 valence electrons. The molecule has 3 nitrogen and oxygen atoms in total. The van der Waals surface area contributed by atoms with E-state index in [4.69, 9.17) is 5.26 Å². The number of carbonyl (C=O) groups is 1. The maximum absolute atomic E-state index is 11.6. The van der Waals surface area contributed by atoms with E-state index in [-0.39, 0.29) is 5.92 Å². The van der Waals surface area contributed by atoms with Crippen molar-refractivity contribution >= 4 is 5.97 Å². The van der Waals surface area contributed by atoms with Crippen molar-refractivity contribution in [3.8, 4) is 6.07 Å². The average molecular weight is 257 g/mol. The lowest BCUT2D eigenvalue weighted by Gasteiger charge is -2.24. The summed E-state index contributed by atoms with van der Waals surface area (Å²) < 4.78 is 0. The fraction of sp³-hybridized carbons (Fsp3) is 0.500. The largest absolute Gasteiger partial charge is 0.481 e. The molecule has 1 aromatic rings. The van der Waals surface area contributed by atoms with Gasteiger partial charge < -0.3 is 5.11 Å². The van der Waals surface area contributed by atoms with E-state index in [1.54, 1.807) is 0 Å². The number of benzene rings is 1. The Hall–Kier alpha value is -1.82. The number of rotatable bonds is 4. The Kier molecular flexibility index (Phi) is 3.90. The summed E-state index contributed by atoms with van der Waals surface area (Å²) in [6.45, 7) is 2.03. The van der Waals surface area contributed by atoms with Crippen LogP contribution in [0.1, 0.15) is 56.1 Å². The van der Waals surface area contributed by atoms with Crippen LogP contribution in [0.4, 0.5) is 0 Å². The van der Waals surface area contributed by atoms with Gasteiger partial charge in [0.05, 0.1) is 17.0 Å². The highest BCUT2D eigenvalue weighted by Crippen LogP contribution is 2.50. The Morgan fingerprint density at radius 2 is 2.26 bits per heavy atom. The monoisotopic (exact) mass is 257 g/mol. The zero-order chi connectivity index (χ0) is 13.9. The first-order valence-electron chi connectivity index (χ1n) is 6.85. The maximum atomic E-state index is 11.6. The zero-order valence-electron chi connectivity index (χ0n) is 11.2. The predicted molar refractivity (Wildman–Crippen MR) is 72.7 cm³/mol. The van der Waals surface area contributed by atoms with Gasteiger partial charge in [0.1, 0.15) is 0 Å². The Labute approximate surface area is 113 Å². The first-order chi connectivity index (χ1) is 9.13. The van der Waals surface area contributed by atoms with E-state index < -0.39 is 11.4 Å². The third-order valence-corrected chi connectivity index (χ3v) is 4.31. The summed E-state index contributed by atoms with van der Waals surface area (Å²) in [5.41, 5.74) is 1.12. The van der Waals surface area contributed by atoms with Crippen LogP contribution in [0.5, 0.6) is 0 Å². The van der Waals surface area contributed by atoms with Crippen LogP contribution in [0.2, 0.25) is 0 Å². The molecule has 1 aliphatic carbocycles. The molecule has 3 heteroatoms. The summed E-state index contributed by atoms with van der Waals surface area (Å²) in [5.74, 6) is -0.468. The smallest absolute Gasteiger partial charge is 0.309 e. The van der Waals surface area contributed by atoms with Crippen molar-refractivity contribution in [2.75, 3.05) is 0 Å². The minimum Gasteiger partial charge on any atom is -0.481 e. The summed E-state index contributed by atoms with van der Waals surface area (Å²) in [4.78, 5) is 11.6. The van der Waals surface area contributed by atoms with Crippen LogP contribution in [0, 0.1) is 16.7 Å². The van der Waals surface area contributed by atoms with E-state index >= 15 is 0 Å². The molecule has 0 saturated heterocycles. The molecular formula is C16H19NO2. The fourth-order valence-electron chi connectivity index (χ4n) is 3.35. The highest BCUT2D eigenvalue weighted by atomic mass is 16.4. The van der Waals surface area contributed by atoms with E-state index in [9.17, 15) is 9.90 Å². The van der Waals surface area contributed by atoms with Crippen molar-refractivity contribution < 1.29 is 9.90 Å². The van der Waals surface area contributed by atoms with Gasteiger partial charge in [-0.05, 0) is 43.2 Å². The number of hydrogen-bond acceptors (Lipinski definition) is 2. The third-order valence-electron chi connectivity index (χ3n) is 4.31. The molecular weight excluding hydrogens is 238 g/mol. The average Bonchev–Trinajstić information content (AvgIpc) is 2.84. The third kappa shape index (κ3) is 2.49. The molecule has 2 unspecified atom stereocenters. The summed E-state index contributed by atoms with van der Waals surface area (Å²) in [6.07, 6.45) is 3.87. The molecule has 0 radical (unpaired) electrons. The van der Waals surface area contributed by atoms with E-state index in [1.807, 2.05) is 31.2 Å². The standard InChI is InChI=1S/C16H19NO2/c1-2-8-16(15(18)19)9-7-12(10-16)14-6-4-3-5-13(14)11-17/h3-6,12H,2,7-10H2,1H3,(H,18,19). The highest BCUT2D eigenvalue weighted by Gasteiger charge is 2.45. The van der Waals surface area contributed by atoms with Gasteiger partial charge in [-0.1, -0.05) is 31.5 Å². The summed E-state index contributed by atoms with van der Waals surface area (Å²) in [6, 6.07) is 9.78. The second kappa shape index (κ2) is 5.44. The van der Waals surface area contributed by atoms with Crippen molar-refractivity contribution in [2.45, 2.75) is 44.9 Å². The first-order valence-corrected chi connectivity index (χ1v) is 6.85. The molecule has 2 atom stereocenters. The molecule has 2 rings (SSSR count). The molecule has 0 amide bonds. The van der Waals surface area contributed by atoms with Gasteiger partial charge >= 0.3 is 5.97 Å². The molecule has 1 fully saturated rings. The molecule has 0 aliphatic heterocycles. The van der Waals surface area contributed by atoms with Crippen LogP contribution in [-0.2, 0) is 4.79 Å². The van der Waals surface area contributed by atoms with E-state index in [0.717, 1.165) is 31.2 Å². The number of nitrogens with zero attached hydrogens (tertiary/aromatic N) is 1. The van der Waals surface area contributed by atoms with E-state index in [0.29, 0.717) is 12.0 Å². The minimum absolute atomic E-state index is 0.207. The number of hydrogen-bond donors (Lipinski definition) is 1. The Bertz CT molecular complexity index is 518. The molecule has 1 saturated carbocycles. The lowest BCUT2D eigenvalue weighted by molar-refractivity contribution is -0.149. The summed E-state index contributed by atoms with van der Waals surface area (Å²) in [5, 5.41) is 18.7. The topological polar surface area (TPSA) is 61.1 Å². The molecule has 1 aliphatic rings. The van der Waals surface area contributed by atoms with Gasteiger partial charge in [-0.15, -0.1) is 0 Å². The second-order valence-corrected chi connectivity index (χ2v) is 5.47. The molecule has 0 bridgehead atoms. The number of carboxylic acids is 1. The van der Waals surface area contributed by atoms with Crippen molar-refractivity contribution in [3.63, 3.8) is 0 Å². The normalized spacial score (nSPS) is 26.0. The summed E-state index contributed by atoms with van der Waals surface area (Å²) in [7, 11) is 0. The van der Waals surface area contributed by atoms with Gasteiger partial charge in [-0.25, -0.2) is 0 Å². The van der Waals surface area contributed by atoms with Crippen LogP contribution < -0.4 is 0 Å². The van der Waals surface area contributed by atoms with Crippen LogP contribution in [0.15, 0.2) is 24.3 Å². The van der Waals surface area contributed by atoms with E-state index in [1.165, 1.54) is 0 Å². The molecule has 0 heterocycles. The highest BCUT2D eigenvalue weighted by molar-refractivity contribution is 5.75. The molecule has 1 N–H and O–H groups in total. The van der Waals surface area contributed by atoms with Crippen molar-refractivity contribution in [3.05, 3.63) is 35.4 Å². The van der Waals surface area contributed by atoms with Crippen molar-refractivity contribution in [1.29, 1.82) is 5.26 Å². The lowest BCUT2D eigenvalue weighted by Crippen LogP contribution is -2.27. The van der Waals surface area contributed by atoms with Gasteiger partial charge in [0.2, 0.25) is 0 Å². The van der Waals surface area contributed by atoms with Gasteiger partial charge in [0, 0.05) is 0 Å². The molecule has 19 heavy (non-hydrogen) atoms. The number of aliphatic carboxylic acids is 1. The minimum atomic E-state index is -0.675. The number of nitriles is 1. The van der Waals surface area contributed by atoms with Gasteiger partial charge in [0.25, 0.3) is 0 Å². The van der Waals surface area contributed by atoms with Crippen molar-refractivity contribution in [1.82, 2.24) is 0 Å². The van der Waals surface area contributed by atoms with Crippen molar-refractivity contribution in [2.24, 2.45) is 5.41 Å². The Balaban J connectivity index is 2.26. The zero-order valence-corrected chi connectivity index (χ0v) is 11.2. The van der Waals surface area contributed by atoms with Gasteiger partial charge in [-0.2, -0.15) is 5.26 Å². The predicted octanol–water partition coefficient (Wildman–Crippen LogP) is 3.70. The molecule has 0 spiro atoms. The van der Waals surface area contributed by atoms with Crippen LogP contribution >= 0.6 is 0 Å². The Morgan fingerprint density at radius 3 is 2.89 bits per heavy atom. The van der Waals surface area contributed by atoms with E-state index in [2.05, 4.69) is 6.07 Å². The quantitative estimate of drug-likeness (QED) is 0.894. The fourth-order valence-corrected chi connectivity index (χ4v) is 3.35. The van der Waals surface area contributed by atoms with Crippen LogP contribution in [0.3, 0.4) is 0 Å². The van der Waals surface area contributed by atoms with Gasteiger partial charge in [-0.3, -0.25) is 4.79 Å². The Morgan fingerprint density at radius 1 is 1.53 bits per heavy atom. The lowest BCUT2D eigenvalue weighted by atomic mass is 9.80.